The first-order chi connectivity index (χ1) is 18.5. The van der Waals surface area contributed by atoms with E-state index in [-0.39, 0.29) is 16.5 Å². The number of sulfonamides is 1. The van der Waals surface area contributed by atoms with Gasteiger partial charge in [-0.3, -0.25) is 4.79 Å². The van der Waals surface area contributed by atoms with Crippen molar-refractivity contribution in [1.29, 1.82) is 0 Å². The zero-order valence-corrected chi connectivity index (χ0v) is 23.5. The van der Waals surface area contributed by atoms with Gasteiger partial charge < -0.3 is 9.47 Å². The number of rotatable bonds is 8. The standard InChI is InChI=1S/C29H30N4O5S/c1-7-37-25-16-18(3)15-24(31-25)23-12-11-22(28(34)33-39(35,36)26-10-8-9-21(6)30-26)29(32-23)38-27-19(4)13-17(2)14-20(27)5/h8-16H,7H2,1-6H3,(H,33,34). The summed E-state index contributed by atoms with van der Waals surface area (Å²) in [5, 5.41) is -0.263. The lowest BCUT2D eigenvalue weighted by Gasteiger charge is -2.16. The topological polar surface area (TPSA) is 120 Å². The summed E-state index contributed by atoms with van der Waals surface area (Å²) in [4.78, 5) is 26.5. The molecule has 1 amide bonds. The van der Waals surface area contributed by atoms with E-state index in [0.29, 0.717) is 35.3 Å². The second-order valence-corrected chi connectivity index (χ2v) is 10.9. The molecule has 0 unspecified atom stereocenters. The Morgan fingerprint density at radius 1 is 0.846 bits per heavy atom. The molecular formula is C29H30N4O5S. The highest BCUT2D eigenvalue weighted by atomic mass is 32.2. The molecular weight excluding hydrogens is 516 g/mol. The number of benzene rings is 1. The maximum absolute atomic E-state index is 13.3. The van der Waals surface area contributed by atoms with Crippen LogP contribution in [0.3, 0.4) is 0 Å². The van der Waals surface area contributed by atoms with E-state index in [1.54, 1.807) is 25.1 Å². The van der Waals surface area contributed by atoms with Gasteiger partial charge in [-0.15, -0.1) is 0 Å². The van der Waals surface area contributed by atoms with Crippen LogP contribution in [0.1, 0.15) is 45.2 Å². The average Bonchev–Trinajstić information content (AvgIpc) is 2.85. The lowest BCUT2D eigenvalue weighted by molar-refractivity contribution is 0.0978. The maximum Gasteiger partial charge on any atom is 0.281 e. The van der Waals surface area contributed by atoms with Gasteiger partial charge in [0.05, 0.1) is 18.0 Å². The Morgan fingerprint density at radius 2 is 1.54 bits per heavy atom. The number of nitrogens with zero attached hydrogens (tertiary/aromatic N) is 3. The Bertz CT molecular complexity index is 1650. The summed E-state index contributed by atoms with van der Waals surface area (Å²) in [5.74, 6) is 0.00553. The highest BCUT2D eigenvalue weighted by molar-refractivity contribution is 7.90. The van der Waals surface area contributed by atoms with Crippen LogP contribution in [0.4, 0.5) is 0 Å². The fourth-order valence-corrected chi connectivity index (χ4v) is 5.12. The molecule has 10 heteroatoms. The van der Waals surface area contributed by atoms with E-state index in [4.69, 9.17) is 9.47 Å². The van der Waals surface area contributed by atoms with Gasteiger partial charge in [-0.1, -0.05) is 23.8 Å². The molecule has 0 fully saturated rings. The van der Waals surface area contributed by atoms with Crippen LogP contribution in [0.25, 0.3) is 11.4 Å². The summed E-state index contributed by atoms with van der Waals surface area (Å²) in [7, 11) is -4.24. The van der Waals surface area contributed by atoms with Crippen molar-refractivity contribution in [2.75, 3.05) is 6.61 Å². The van der Waals surface area contributed by atoms with Gasteiger partial charge in [0.25, 0.3) is 15.9 Å². The zero-order chi connectivity index (χ0) is 28.3. The average molecular weight is 547 g/mol. The molecule has 1 N–H and O–H groups in total. The number of carbonyl (C=O) groups excluding carboxylic acids is 1. The first kappa shape index (κ1) is 27.7. The van der Waals surface area contributed by atoms with Gasteiger partial charge in [-0.25, -0.2) is 19.7 Å². The lowest BCUT2D eigenvalue weighted by Crippen LogP contribution is -2.31. The van der Waals surface area contributed by atoms with Crippen molar-refractivity contribution in [3.05, 3.63) is 88.1 Å². The monoisotopic (exact) mass is 546 g/mol. The Labute approximate surface area is 228 Å². The smallest absolute Gasteiger partial charge is 0.281 e. The molecule has 0 spiro atoms. The number of hydrogen-bond donors (Lipinski definition) is 1. The summed E-state index contributed by atoms with van der Waals surface area (Å²) >= 11 is 0. The fraction of sp³-hybridized carbons (Fsp3) is 0.241. The summed E-state index contributed by atoms with van der Waals surface area (Å²) in [6.45, 7) is 11.7. The first-order valence-electron chi connectivity index (χ1n) is 12.4. The maximum atomic E-state index is 13.3. The van der Waals surface area contributed by atoms with Gasteiger partial charge in [-0.2, -0.15) is 8.42 Å². The van der Waals surface area contributed by atoms with E-state index in [9.17, 15) is 13.2 Å². The predicted octanol–water partition coefficient (Wildman–Crippen LogP) is 5.39. The van der Waals surface area contributed by atoms with E-state index in [2.05, 4.69) is 19.7 Å². The van der Waals surface area contributed by atoms with E-state index in [0.717, 1.165) is 22.3 Å². The fourth-order valence-electron chi connectivity index (χ4n) is 4.14. The Kier molecular flexibility index (Phi) is 7.96. The van der Waals surface area contributed by atoms with Crippen LogP contribution in [0.15, 0.2) is 59.6 Å². The molecule has 39 heavy (non-hydrogen) atoms. The number of aromatic nitrogens is 3. The molecule has 9 nitrogen and oxygen atoms in total. The molecule has 4 aromatic rings. The molecule has 1 aromatic carbocycles. The lowest BCUT2D eigenvalue weighted by atomic mass is 10.1. The first-order valence-corrected chi connectivity index (χ1v) is 13.8. The molecule has 3 heterocycles. The van der Waals surface area contributed by atoms with Gasteiger partial charge in [0.15, 0.2) is 5.03 Å². The van der Waals surface area contributed by atoms with Crippen molar-refractivity contribution >= 4 is 15.9 Å². The van der Waals surface area contributed by atoms with E-state index < -0.39 is 15.9 Å². The Hall–Kier alpha value is -4.31. The molecule has 3 aromatic heterocycles. The highest BCUT2D eigenvalue weighted by Crippen LogP contribution is 2.33. The second-order valence-electron chi connectivity index (χ2n) is 9.23. The number of carbonyl (C=O) groups is 1. The third kappa shape index (κ3) is 6.40. The Morgan fingerprint density at radius 3 is 2.21 bits per heavy atom. The molecule has 0 saturated heterocycles. The second kappa shape index (κ2) is 11.2. The number of hydrogen-bond acceptors (Lipinski definition) is 8. The van der Waals surface area contributed by atoms with E-state index >= 15 is 0 Å². The van der Waals surface area contributed by atoms with Gasteiger partial charge in [0.1, 0.15) is 11.3 Å². The van der Waals surface area contributed by atoms with Crippen LogP contribution >= 0.6 is 0 Å². The van der Waals surface area contributed by atoms with Crippen LogP contribution in [-0.2, 0) is 10.0 Å². The minimum atomic E-state index is -4.24. The number of ether oxygens (including phenoxy) is 2. The van der Waals surface area contributed by atoms with Gasteiger partial charge in [0, 0.05) is 11.8 Å². The molecule has 4 rings (SSSR count). The molecule has 0 saturated carbocycles. The number of pyridine rings is 3. The van der Waals surface area contributed by atoms with Crippen molar-refractivity contribution < 1.29 is 22.7 Å². The number of nitrogens with one attached hydrogen (secondary N) is 1. The van der Waals surface area contributed by atoms with Gasteiger partial charge >= 0.3 is 0 Å². The molecule has 0 radical (unpaired) electrons. The zero-order valence-electron chi connectivity index (χ0n) is 22.7. The summed E-state index contributed by atoms with van der Waals surface area (Å²) < 4.78 is 39.7. The van der Waals surface area contributed by atoms with E-state index in [1.165, 1.54) is 12.1 Å². The SMILES string of the molecule is CCOc1cc(C)cc(-c2ccc(C(=O)NS(=O)(=O)c3cccc(C)n3)c(Oc3c(C)cc(C)cc3C)n2)n1. The summed E-state index contributed by atoms with van der Waals surface area (Å²) in [6, 6.07) is 15.2. The quantitative estimate of drug-likeness (QED) is 0.312. The molecule has 0 aliphatic rings. The summed E-state index contributed by atoms with van der Waals surface area (Å²) in [5.41, 5.74) is 5.04. The van der Waals surface area contributed by atoms with Crippen molar-refractivity contribution in [2.45, 2.75) is 46.6 Å². The third-order valence-corrected chi connectivity index (χ3v) is 7.01. The summed E-state index contributed by atoms with van der Waals surface area (Å²) in [6.07, 6.45) is 0. The van der Waals surface area contributed by atoms with Gasteiger partial charge in [0.2, 0.25) is 11.8 Å². The van der Waals surface area contributed by atoms with Crippen LogP contribution in [-0.4, -0.2) is 35.9 Å². The molecule has 0 atom stereocenters. The number of aryl methyl sites for hydroxylation is 5. The molecule has 0 bridgehead atoms. The highest BCUT2D eigenvalue weighted by Gasteiger charge is 2.25. The van der Waals surface area contributed by atoms with Crippen LogP contribution in [0.5, 0.6) is 17.5 Å². The minimum Gasteiger partial charge on any atom is -0.478 e. The molecule has 202 valence electrons. The van der Waals surface area contributed by atoms with Crippen molar-refractivity contribution in [1.82, 2.24) is 19.7 Å². The van der Waals surface area contributed by atoms with Crippen LogP contribution < -0.4 is 14.2 Å². The molecule has 0 aliphatic heterocycles. The van der Waals surface area contributed by atoms with Crippen LogP contribution in [0.2, 0.25) is 0 Å². The Balaban J connectivity index is 1.80. The van der Waals surface area contributed by atoms with Crippen molar-refractivity contribution in [3.8, 4) is 28.9 Å². The predicted molar refractivity (Wildman–Crippen MR) is 148 cm³/mol. The van der Waals surface area contributed by atoms with Crippen LogP contribution in [0, 0.1) is 34.6 Å². The molecule has 0 aliphatic carbocycles. The van der Waals surface area contributed by atoms with Gasteiger partial charge in [-0.05, 0) is 88.6 Å². The minimum absolute atomic E-state index is 0.0614. The van der Waals surface area contributed by atoms with E-state index in [1.807, 2.05) is 58.9 Å². The van der Waals surface area contributed by atoms with Crippen molar-refractivity contribution in [2.24, 2.45) is 0 Å². The third-order valence-electron chi connectivity index (χ3n) is 5.77. The number of amides is 1. The van der Waals surface area contributed by atoms with Crippen molar-refractivity contribution in [3.63, 3.8) is 0 Å². The largest absolute Gasteiger partial charge is 0.478 e. The normalized spacial score (nSPS) is 11.2.